The molecule has 0 bridgehead atoms. The molecule has 4 atom stereocenters. The lowest BCUT2D eigenvalue weighted by atomic mass is 9.99. The van der Waals surface area contributed by atoms with Crippen LogP contribution in [0.2, 0.25) is 0 Å². The Labute approximate surface area is 192 Å². The summed E-state index contributed by atoms with van der Waals surface area (Å²) in [6.45, 7) is 6.85. The number of carboxylic acids is 2. The van der Waals surface area contributed by atoms with E-state index >= 15 is 0 Å². The topological polar surface area (TPSA) is 231 Å². The van der Waals surface area contributed by atoms with Crippen molar-refractivity contribution in [3.8, 4) is 0 Å². The van der Waals surface area contributed by atoms with Crippen molar-refractivity contribution in [2.24, 2.45) is 23.3 Å². The summed E-state index contributed by atoms with van der Waals surface area (Å²) in [6.07, 6.45) is -0.997. The van der Waals surface area contributed by atoms with Gasteiger partial charge < -0.3 is 37.6 Å². The first-order chi connectivity index (χ1) is 15.1. The highest BCUT2D eigenvalue weighted by molar-refractivity contribution is 5.95. The number of hydrogen-bond donors (Lipinski definition) is 7. The molecular weight excluding hydrogens is 438 g/mol. The molecule has 13 heteroatoms. The highest BCUT2D eigenvalue weighted by Gasteiger charge is 2.32. The van der Waals surface area contributed by atoms with Crippen LogP contribution >= 0.6 is 0 Å². The second kappa shape index (κ2) is 14.0. The van der Waals surface area contributed by atoms with Gasteiger partial charge in [0.15, 0.2) is 0 Å². The monoisotopic (exact) mass is 473 g/mol. The van der Waals surface area contributed by atoms with Gasteiger partial charge in [-0.3, -0.25) is 24.0 Å². The standard InChI is InChI=1S/C20H35N5O8/c1-9(2)7-13(20(32)33)24-19(31)16(10(3)4)25-18(30)12(5-6-14(22)26)23-17(29)11(21)8-15(27)28/h9-13,16H,5-8,21H2,1-4H3,(H2,22,26)(H,23,29)(H,24,31)(H,25,30)(H,27,28)(H,32,33). The van der Waals surface area contributed by atoms with Gasteiger partial charge in [0.2, 0.25) is 23.6 Å². The summed E-state index contributed by atoms with van der Waals surface area (Å²) in [7, 11) is 0. The summed E-state index contributed by atoms with van der Waals surface area (Å²) < 4.78 is 0. The molecule has 0 aliphatic rings. The number of nitrogens with one attached hydrogen (secondary N) is 3. The first-order valence-corrected chi connectivity index (χ1v) is 10.5. The van der Waals surface area contributed by atoms with Crippen LogP contribution in [0, 0.1) is 11.8 Å². The number of carbonyl (C=O) groups is 6. The molecular formula is C20H35N5O8. The van der Waals surface area contributed by atoms with E-state index in [4.69, 9.17) is 16.6 Å². The van der Waals surface area contributed by atoms with Gasteiger partial charge >= 0.3 is 11.9 Å². The number of carboxylic acid groups (broad SMARTS) is 2. The Bertz CT molecular complexity index is 740. The summed E-state index contributed by atoms with van der Waals surface area (Å²) in [4.78, 5) is 71.1. The number of aliphatic carboxylic acids is 2. The third kappa shape index (κ3) is 11.8. The molecule has 0 aromatic carbocycles. The number of carbonyl (C=O) groups excluding carboxylic acids is 4. The zero-order valence-electron chi connectivity index (χ0n) is 19.3. The number of primary amides is 1. The van der Waals surface area contributed by atoms with E-state index in [0.717, 1.165) is 0 Å². The maximum Gasteiger partial charge on any atom is 0.326 e. The van der Waals surface area contributed by atoms with Crippen molar-refractivity contribution in [2.75, 3.05) is 0 Å². The molecule has 33 heavy (non-hydrogen) atoms. The van der Waals surface area contributed by atoms with E-state index in [2.05, 4.69) is 16.0 Å². The minimum absolute atomic E-state index is 0.0121. The lowest BCUT2D eigenvalue weighted by Gasteiger charge is -2.27. The largest absolute Gasteiger partial charge is 0.481 e. The van der Waals surface area contributed by atoms with E-state index < -0.39 is 72.1 Å². The zero-order chi connectivity index (χ0) is 25.9. The van der Waals surface area contributed by atoms with Crippen LogP contribution in [0.3, 0.4) is 0 Å². The van der Waals surface area contributed by atoms with Crippen molar-refractivity contribution < 1.29 is 39.0 Å². The van der Waals surface area contributed by atoms with Crippen molar-refractivity contribution >= 4 is 35.6 Å². The lowest BCUT2D eigenvalue weighted by molar-refractivity contribution is -0.143. The minimum atomic E-state index is -1.44. The van der Waals surface area contributed by atoms with E-state index in [1.54, 1.807) is 27.7 Å². The molecule has 0 heterocycles. The smallest absolute Gasteiger partial charge is 0.326 e. The Morgan fingerprint density at radius 3 is 1.79 bits per heavy atom. The average molecular weight is 474 g/mol. The number of hydrogen-bond acceptors (Lipinski definition) is 7. The summed E-state index contributed by atoms with van der Waals surface area (Å²) in [5, 5.41) is 25.3. The summed E-state index contributed by atoms with van der Waals surface area (Å²) in [5.74, 6) is -6.24. The minimum Gasteiger partial charge on any atom is -0.481 e. The third-order valence-corrected chi connectivity index (χ3v) is 4.61. The lowest BCUT2D eigenvalue weighted by Crippen LogP contribution is -2.58. The van der Waals surface area contributed by atoms with Crippen LogP contribution < -0.4 is 27.4 Å². The molecule has 0 aliphatic heterocycles. The molecule has 0 aromatic rings. The van der Waals surface area contributed by atoms with Gasteiger partial charge in [-0.2, -0.15) is 0 Å². The number of rotatable bonds is 15. The molecule has 4 amide bonds. The average Bonchev–Trinajstić information content (AvgIpc) is 2.66. The van der Waals surface area contributed by atoms with E-state index in [1.807, 2.05) is 0 Å². The highest BCUT2D eigenvalue weighted by Crippen LogP contribution is 2.09. The van der Waals surface area contributed by atoms with Crippen LogP contribution in [-0.4, -0.2) is 69.9 Å². The van der Waals surface area contributed by atoms with Crippen molar-refractivity contribution in [3.05, 3.63) is 0 Å². The molecule has 0 saturated heterocycles. The fraction of sp³-hybridized carbons (Fsp3) is 0.700. The van der Waals surface area contributed by atoms with Gasteiger partial charge in [-0.15, -0.1) is 0 Å². The fourth-order valence-electron chi connectivity index (χ4n) is 2.86. The molecule has 0 spiro atoms. The van der Waals surface area contributed by atoms with Crippen molar-refractivity contribution in [2.45, 2.75) is 77.5 Å². The van der Waals surface area contributed by atoms with Crippen LogP contribution in [0.15, 0.2) is 0 Å². The molecule has 9 N–H and O–H groups in total. The molecule has 0 radical (unpaired) electrons. The van der Waals surface area contributed by atoms with Gasteiger partial charge in [0.25, 0.3) is 0 Å². The summed E-state index contributed by atoms with van der Waals surface area (Å²) in [5.41, 5.74) is 10.6. The predicted octanol–water partition coefficient (Wildman–Crippen LogP) is -1.70. The van der Waals surface area contributed by atoms with Gasteiger partial charge in [0.05, 0.1) is 12.5 Å². The van der Waals surface area contributed by atoms with Gasteiger partial charge in [-0.25, -0.2) is 4.79 Å². The molecule has 0 aromatic heterocycles. The van der Waals surface area contributed by atoms with Gasteiger partial charge in [-0.05, 0) is 24.7 Å². The van der Waals surface area contributed by atoms with Gasteiger partial charge in [-0.1, -0.05) is 27.7 Å². The first kappa shape index (κ1) is 29.8. The summed E-state index contributed by atoms with van der Waals surface area (Å²) in [6, 6.07) is -5.07. The second-order valence-electron chi connectivity index (χ2n) is 8.53. The van der Waals surface area contributed by atoms with Crippen LogP contribution in [0.4, 0.5) is 0 Å². The maximum absolute atomic E-state index is 12.8. The Morgan fingerprint density at radius 2 is 1.36 bits per heavy atom. The van der Waals surface area contributed by atoms with Crippen LogP contribution in [0.1, 0.15) is 53.4 Å². The van der Waals surface area contributed by atoms with Crippen LogP contribution in [-0.2, 0) is 28.8 Å². The molecule has 4 unspecified atom stereocenters. The van der Waals surface area contributed by atoms with Crippen molar-refractivity contribution in [1.82, 2.24) is 16.0 Å². The molecule has 0 fully saturated rings. The molecule has 13 nitrogen and oxygen atoms in total. The Hall–Kier alpha value is -3.22. The third-order valence-electron chi connectivity index (χ3n) is 4.61. The fourth-order valence-corrected chi connectivity index (χ4v) is 2.86. The second-order valence-corrected chi connectivity index (χ2v) is 8.53. The Morgan fingerprint density at radius 1 is 0.818 bits per heavy atom. The highest BCUT2D eigenvalue weighted by atomic mass is 16.4. The van der Waals surface area contributed by atoms with Crippen LogP contribution in [0.5, 0.6) is 0 Å². The predicted molar refractivity (Wildman–Crippen MR) is 116 cm³/mol. The molecule has 0 saturated carbocycles. The molecule has 0 rings (SSSR count). The van der Waals surface area contributed by atoms with Crippen molar-refractivity contribution in [1.29, 1.82) is 0 Å². The van der Waals surface area contributed by atoms with E-state index in [-0.39, 0.29) is 25.2 Å². The van der Waals surface area contributed by atoms with E-state index in [9.17, 15) is 33.9 Å². The van der Waals surface area contributed by atoms with Gasteiger partial charge in [0.1, 0.15) is 18.1 Å². The quantitative estimate of drug-likeness (QED) is 0.143. The maximum atomic E-state index is 12.8. The van der Waals surface area contributed by atoms with Gasteiger partial charge in [0, 0.05) is 6.42 Å². The molecule has 0 aliphatic carbocycles. The Balaban J connectivity index is 5.50. The number of nitrogens with two attached hydrogens (primary N) is 2. The first-order valence-electron chi connectivity index (χ1n) is 10.5. The SMILES string of the molecule is CC(C)CC(NC(=O)C(NC(=O)C(CCC(N)=O)NC(=O)C(N)CC(=O)O)C(C)C)C(=O)O. The van der Waals surface area contributed by atoms with E-state index in [1.165, 1.54) is 0 Å². The number of amides is 4. The van der Waals surface area contributed by atoms with Crippen LogP contribution in [0.25, 0.3) is 0 Å². The normalized spacial score (nSPS) is 14.6. The molecule has 188 valence electrons. The zero-order valence-corrected chi connectivity index (χ0v) is 19.3. The Kier molecular flexibility index (Phi) is 12.7. The van der Waals surface area contributed by atoms with Crippen molar-refractivity contribution in [3.63, 3.8) is 0 Å². The summed E-state index contributed by atoms with van der Waals surface area (Å²) >= 11 is 0. The van der Waals surface area contributed by atoms with E-state index in [0.29, 0.717) is 0 Å².